The van der Waals surface area contributed by atoms with Crippen molar-refractivity contribution >= 4 is 17.0 Å². The van der Waals surface area contributed by atoms with Crippen LogP contribution in [0.3, 0.4) is 0 Å². The molecule has 0 spiro atoms. The summed E-state index contributed by atoms with van der Waals surface area (Å²) in [6.07, 6.45) is -0.459. The van der Waals surface area contributed by atoms with Crippen LogP contribution in [0.4, 0.5) is 5.95 Å². The minimum atomic E-state index is -0.459. The third kappa shape index (κ3) is 3.75. The van der Waals surface area contributed by atoms with Crippen LogP contribution < -0.4 is 5.32 Å². The number of hydrogen-bond donors (Lipinski definition) is 4. The van der Waals surface area contributed by atoms with Crippen molar-refractivity contribution in [2.75, 3.05) is 44.7 Å². The van der Waals surface area contributed by atoms with E-state index in [1.807, 2.05) is 18.2 Å². The van der Waals surface area contributed by atoms with Crippen LogP contribution in [0.5, 0.6) is 0 Å². The number of fused-ring (bicyclic) bond motifs is 1. The summed E-state index contributed by atoms with van der Waals surface area (Å²) in [7, 11) is 0. The molecule has 1 aromatic carbocycles. The van der Waals surface area contributed by atoms with E-state index in [0.29, 0.717) is 19.0 Å². The Labute approximate surface area is 128 Å². The third-order valence-corrected chi connectivity index (χ3v) is 3.81. The molecule has 0 radical (unpaired) electrons. The van der Waals surface area contributed by atoms with Crippen molar-refractivity contribution in [3.8, 4) is 0 Å². The van der Waals surface area contributed by atoms with Crippen LogP contribution in [-0.2, 0) is 11.3 Å². The van der Waals surface area contributed by atoms with Crippen LogP contribution in [0.25, 0.3) is 11.0 Å². The number of morpholine rings is 1. The molecular formula is C15H22N4O3. The van der Waals surface area contributed by atoms with Crippen LogP contribution in [-0.4, -0.2) is 70.6 Å². The third-order valence-electron chi connectivity index (χ3n) is 3.81. The fourth-order valence-electron chi connectivity index (χ4n) is 2.60. The summed E-state index contributed by atoms with van der Waals surface area (Å²) in [5, 5.41) is 22.4. The van der Waals surface area contributed by atoms with Crippen molar-refractivity contribution in [3.05, 3.63) is 23.8 Å². The second-order valence-corrected chi connectivity index (χ2v) is 5.54. The van der Waals surface area contributed by atoms with E-state index < -0.39 is 6.10 Å². The maximum atomic E-state index is 10.1. The molecule has 2 aromatic rings. The maximum absolute atomic E-state index is 10.1. The van der Waals surface area contributed by atoms with E-state index in [1.54, 1.807) is 0 Å². The highest BCUT2D eigenvalue weighted by molar-refractivity contribution is 5.78. The van der Waals surface area contributed by atoms with E-state index in [0.717, 1.165) is 42.9 Å². The van der Waals surface area contributed by atoms with E-state index in [-0.39, 0.29) is 6.61 Å². The molecule has 22 heavy (non-hydrogen) atoms. The quantitative estimate of drug-likeness (QED) is 0.607. The minimum absolute atomic E-state index is 0.00991. The Balaban J connectivity index is 1.54. The molecule has 120 valence electrons. The normalized spacial score (nSPS) is 17.7. The van der Waals surface area contributed by atoms with E-state index in [1.165, 1.54) is 0 Å². The second-order valence-electron chi connectivity index (χ2n) is 5.54. The highest BCUT2D eigenvalue weighted by atomic mass is 16.5. The van der Waals surface area contributed by atoms with Gasteiger partial charge in [0.25, 0.3) is 0 Å². The highest BCUT2D eigenvalue weighted by Crippen LogP contribution is 2.16. The lowest BCUT2D eigenvalue weighted by Crippen LogP contribution is -2.42. The monoisotopic (exact) mass is 306 g/mol. The molecule has 0 bridgehead atoms. The average molecular weight is 306 g/mol. The van der Waals surface area contributed by atoms with Gasteiger partial charge in [-0.2, -0.15) is 0 Å². The second kappa shape index (κ2) is 7.06. The van der Waals surface area contributed by atoms with Crippen LogP contribution in [0.15, 0.2) is 18.2 Å². The van der Waals surface area contributed by atoms with Gasteiger partial charge >= 0.3 is 0 Å². The Morgan fingerprint density at radius 3 is 2.95 bits per heavy atom. The van der Waals surface area contributed by atoms with Crippen molar-refractivity contribution in [3.63, 3.8) is 0 Å². The fourth-order valence-corrected chi connectivity index (χ4v) is 2.60. The molecule has 0 saturated carbocycles. The number of aromatic nitrogens is 2. The number of β-amino-alcohol motifs (C(OH)–C–C–N with tert-alkyl or cyclic N) is 1. The van der Waals surface area contributed by atoms with Gasteiger partial charge in [-0.15, -0.1) is 0 Å². The molecule has 7 nitrogen and oxygen atoms in total. The average Bonchev–Trinajstić information content (AvgIpc) is 2.95. The Kier molecular flexibility index (Phi) is 4.89. The van der Waals surface area contributed by atoms with Crippen molar-refractivity contribution in [2.45, 2.75) is 12.7 Å². The molecule has 1 aliphatic rings. The van der Waals surface area contributed by atoms with Crippen LogP contribution in [0, 0.1) is 0 Å². The van der Waals surface area contributed by atoms with Crippen LogP contribution >= 0.6 is 0 Å². The highest BCUT2D eigenvalue weighted by Gasteiger charge is 2.15. The summed E-state index contributed by atoms with van der Waals surface area (Å²) >= 11 is 0. The number of benzene rings is 1. The number of aromatic amines is 1. The van der Waals surface area contributed by atoms with E-state index in [4.69, 9.17) is 9.84 Å². The van der Waals surface area contributed by atoms with Crippen molar-refractivity contribution < 1.29 is 14.9 Å². The van der Waals surface area contributed by atoms with Crippen LogP contribution in [0.1, 0.15) is 5.56 Å². The molecular weight excluding hydrogens is 284 g/mol. The zero-order chi connectivity index (χ0) is 15.4. The lowest BCUT2D eigenvalue weighted by Gasteiger charge is -2.28. The number of aliphatic hydroxyl groups is 2. The molecule has 1 atom stereocenters. The lowest BCUT2D eigenvalue weighted by molar-refractivity contribution is 0.0171. The zero-order valence-electron chi connectivity index (χ0n) is 12.5. The molecule has 3 rings (SSSR count). The first-order valence-electron chi connectivity index (χ1n) is 7.56. The molecule has 7 heteroatoms. The summed E-state index contributed by atoms with van der Waals surface area (Å²) in [5.41, 5.74) is 2.55. The summed E-state index contributed by atoms with van der Waals surface area (Å²) in [5.74, 6) is 0.631. The Bertz CT molecular complexity index is 610. The van der Waals surface area contributed by atoms with Crippen molar-refractivity contribution in [2.24, 2.45) is 0 Å². The Hall–Kier alpha value is -1.67. The number of imidazole rings is 1. The van der Waals surface area contributed by atoms with Crippen LogP contribution in [0.2, 0.25) is 0 Å². The van der Waals surface area contributed by atoms with E-state index in [2.05, 4.69) is 20.2 Å². The first kappa shape index (κ1) is 15.2. The number of rotatable bonds is 6. The molecule has 0 amide bonds. The van der Waals surface area contributed by atoms with Gasteiger partial charge in [0.1, 0.15) is 0 Å². The molecule has 0 aliphatic carbocycles. The predicted molar refractivity (Wildman–Crippen MR) is 83.8 cm³/mol. The summed E-state index contributed by atoms with van der Waals surface area (Å²) < 4.78 is 5.29. The summed E-state index contributed by atoms with van der Waals surface area (Å²) in [4.78, 5) is 9.76. The van der Waals surface area contributed by atoms with Gasteiger partial charge in [-0.25, -0.2) is 4.98 Å². The standard InChI is InChI=1S/C15H22N4O3/c20-10-11-1-2-13-14(7-11)18-15(17-13)16-8-12(21)9-19-3-5-22-6-4-19/h1-2,7,12,20-21H,3-6,8-10H2,(H2,16,17,18)/t12-/m0/s1. The van der Waals surface area contributed by atoms with E-state index >= 15 is 0 Å². The number of nitrogens with zero attached hydrogens (tertiary/aromatic N) is 2. The molecule has 1 aromatic heterocycles. The topological polar surface area (TPSA) is 93.6 Å². The van der Waals surface area contributed by atoms with Gasteiger partial charge in [0, 0.05) is 26.2 Å². The summed E-state index contributed by atoms with van der Waals surface area (Å²) in [6, 6.07) is 5.59. The molecule has 1 aliphatic heterocycles. The Morgan fingerprint density at radius 2 is 2.18 bits per heavy atom. The van der Waals surface area contributed by atoms with Gasteiger partial charge in [-0.1, -0.05) is 6.07 Å². The van der Waals surface area contributed by atoms with Gasteiger partial charge in [-0.3, -0.25) is 4.90 Å². The number of nitrogens with one attached hydrogen (secondary N) is 2. The predicted octanol–water partition coefficient (Wildman–Crippen LogP) is 0.160. The molecule has 0 unspecified atom stereocenters. The number of H-pyrrole nitrogens is 1. The van der Waals surface area contributed by atoms with Gasteiger partial charge < -0.3 is 25.3 Å². The number of hydrogen-bond acceptors (Lipinski definition) is 6. The molecule has 2 heterocycles. The number of anilines is 1. The minimum Gasteiger partial charge on any atom is -0.392 e. The van der Waals surface area contributed by atoms with Crippen molar-refractivity contribution in [1.82, 2.24) is 14.9 Å². The first-order chi connectivity index (χ1) is 10.7. The SMILES string of the molecule is OCc1ccc2nc(NC[C@H](O)CN3CCOCC3)[nH]c2c1. The van der Waals surface area contributed by atoms with Gasteiger partial charge in [0.2, 0.25) is 5.95 Å². The van der Waals surface area contributed by atoms with Gasteiger partial charge in [-0.05, 0) is 17.7 Å². The number of aliphatic hydroxyl groups excluding tert-OH is 2. The Morgan fingerprint density at radius 1 is 1.36 bits per heavy atom. The number of ether oxygens (including phenoxy) is 1. The maximum Gasteiger partial charge on any atom is 0.201 e. The first-order valence-corrected chi connectivity index (χ1v) is 7.56. The van der Waals surface area contributed by atoms with Gasteiger partial charge in [0.05, 0.1) is 37.0 Å². The smallest absolute Gasteiger partial charge is 0.201 e. The van der Waals surface area contributed by atoms with E-state index in [9.17, 15) is 5.11 Å². The molecule has 4 N–H and O–H groups in total. The fraction of sp³-hybridized carbons (Fsp3) is 0.533. The largest absolute Gasteiger partial charge is 0.392 e. The molecule has 1 saturated heterocycles. The zero-order valence-corrected chi connectivity index (χ0v) is 12.5. The lowest BCUT2D eigenvalue weighted by atomic mass is 10.2. The van der Waals surface area contributed by atoms with Crippen molar-refractivity contribution in [1.29, 1.82) is 0 Å². The summed E-state index contributed by atoms with van der Waals surface area (Å²) in [6.45, 7) is 4.27. The van der Waals surface area contributed by atoms with Gasteiger partial charge in [0.15, 0.2) is 0 Å². The molecule has 1 fully saturated rings.